The van der Waals surface area contributed by atoms with Crippen LogP contribution in [0.4, 0.5) is 0 Å². The lowest BCUT2D eigenvalue weighted by molar-refractivity contribution is -0.266. The Hall–Kier alpha value is -4.33. The third-order valence-corrected chi connectivity index (χ3v) is 15.6. The minimum Gasteiger partial charge on any atom is -0.462 e. The van der Waals surface area contributed by atoms with E-state index < -0.39 is 149 Å². The van der Waals surface area contributed by atoms with E-state index in [1.807, 2.05) is 0 Å². The number of nitrogens with two attached hydrogens (primary N) is 1. The summed E-state index contributed by atoms with van der Waals surface area (Å²) in [4.78, 5) is 112. The van der Waals surface area contributed by atoms with Crippen molar-refractivity contribution >= 4 is 55.2 Å². The SMILES string of the molecule is CCCCCCCCCCCCCCCC(=O)OCC(COP(=O)(O)OCCNC(=O)[C@H](C)NC(=O)CC[C@@H](NC(=O)[C@H](C)NC(=O)[C@@H](C)O[C@H]1C(O)[C@@H](CO)O[C@@H](O)[C@@H]1NC(C)=O)C(N)=O)OC(=O)CCCCCCCCCCCCCCC. The normalized spacial score (nSPS) is 19.2. The second kappa shape index (κ2) is 47.7. The van der Waals surface area contributed by atoms with Gasteiger partial charge in [0.15, 0.2) is 12.4 Å². The summed E-state index contributed by atoms with van der Waals surface area (Å²) < 4.78 is 44.8. The molecule has 1 aliphatic heterocycles. The Morgan fingerprint density at radius 2 is 1.09 bits per heavy atom. The standard InChI is InChI=1S/C59H109N6O19P/c1-7-9-11-13-15-17-19-21-23-25-27-29-31-33-50(69)79-40-46(83-51(70)34-32-30-28-26-24-22-20-18-16-14-12-10-8-2)41-81-85(77,78)80-38-37-61-56(73)42(3)62-49(68)36-35-47(55(60)72)65-57(74)43(4)63-58(75)44(5)82-54-52(64-45(6)67)59(76)84-48(39-66)53(54)71/h42-44,46-48,52-54,59,66,71,76H,7-41H2,1-6H3,(H2,60,72)(H,61,73)(H,62,68)(H,63,75)(H,64,67)(H,65,74)(H,77,78)/t42-,43-,44+,46?,47+,48+,52+,53?,54+,59+/m0/s1. The van der Waals surface area contributed by atoms with Gasteiger partial charge in [0.05, 0.1) is 19.8 Å². The molecule has 0 saturated carbocycles. The smallest absolute Gasteiger partial charge is 0.462 e. The molecule has 11 atom stereocenters. The number of aliphatic hydroxyl groups is 3. The number of phosphoric acid groups is 1. The molecule has 1 fully saturated rings. The lowest BCUT2D eigenvalue weighted by atomic mass is 9.96. The molecule has 1 aliphatic rings. The third kappa shape index (κ3) is 38.5. The second-order valence-electron chi connectivity index (χ2n) is 22.4. The molecule has 0 aromatic rings. The Morgan fingerprint density at radius 3 is 1.58 bits per heavy atom. The van der Waals surface area contributed by atoms with Crippen molar-refractivity contribution in [3.05, 3.63) is 0 Å². The average Bonchev–Trinajstić information content (AvgIpc) is 2.45. The Balaban J connectivity index is 2.62. The maximum atomic E-state index is 13.0. The molecular formula is C59H109N6O19P. The van der Waals surface area contributed by atoms with E-state index in [4.69, 9.17) is 33.7 Å². The van der Waals surface area contributed by atoms with E-state index in [-0.39, 0.29) is 25.8 Å². The van der Waals surface area contributed by atoms with Crippen molar-refractivity contribution in [3.63, 3.8) is 0 Å². The molecule has 0 aromatic heterocycles. The van der Waals surface area contributed by atoms with Gasteiger partial charge in [-0.2, -0.15) is 0 Å². The number of hydrogen-bond donors (Lipinski definition) is 10. The van der Waals surface area contributed by atoms with Gasteiger partial charge in [-0.05, 0) is 40.0 Å². The van der Waals surface area contributed by atoms with Crippen LogP contribution in [0.5, 0.6) is 0 Å². The van der Waals surface area contributed by atoms with Crippen LogP contribution in [-0.4, -0.2) is 162 Å². The summed E-state index contributed by atoms with van der Waals surface area (Å²) in [7, 11) is -4.80. The molecule has 6 amide bonds. The monoisotopic (exact) mass is 1240 g/mol. The van der Waals surface area contributed by atoms with Crippen molar-refractivity contribution in [2.45, 2.75) is 295 Å². The Labute approximate surface area is 505 Å². The molecular weight excluding hydrogens is 1130 g/mol. The first-order valence-electron chi connectivity index (χ1n) is 31.5. The zero-order valence-corrected chi connectivity index (χ0v) is 52.9. The van der Waals surface area contributed by atoms with Gasteiger partial charge < -0.3 is 71.5 Å². The number of primary amides is 1. The van der Waals surface area contributed by atoms with Crippen LogP contribution in [0.15, 0.2) is 0 Å². The fourth-order valence-corrected chi connectivity index (χ4v) is 10.2. The number of phosphoric ester groups is 1. The first-order valence-corrected chi connectivity index (χ1v) is 33.0. The summed E-state index contributed by atoms with van der Waals surface area (Å²) in [6.07, 6.45) is 20.8. The van der Waals surface area contributed by atoms with E-state index >= 15 is 0 Å². The van der Waals surface area contributed by atoms with Crippen LogP contribution in [0, 0.1) is 0 Å². The molecule has 11 N–H and O–H groups in total. The summed E-state index contributed by atoms with van der Waals surface area (Å²) >= 11 is 0. The zero-order valence-electron chi connectivity index (χ0n) is 52.0. The maximum absolute atomic E-state index is 13.0. The van der Waals surface area contributed by atoms with Crippen LogP contribution >= 0.6 is 7.82 Å². The van der Waals surface area contributed by atoms with E-state index in [1.165, 1.54) is 130 Å². The van der Waals surface area contributed by atoms with Gasteiger partial charge in [0.2, 0.25) is 35.4 Å². The van der Waals surface area contributed by atoms with Gasteiger partial charge in [0.1, 0.15) is 55.2 Å². The van der Waals surface area contributed by atoms with Crippen LogP contribution in [0.2, 0.25) is 0 Å². The number of carbonyl (C=O) groups excluding carboxylic acids is 8. The summed E-state index contributed by atoms with van der Waals surface area (Å²) in [5.74, 6) is -5.88. The number of nitrogens with one attached hydrogen (secondary N) is 5. The highest BCUT2D eigenvalue weighted by Gasteiger charge is 2.47. The number of carbonyl (C=O) groups is 8. The molecule has 25 nitrogen and oxygen atoms in total. The van der Waals surface area contributed by atoms with Crippen LogP contribution in [0.1, 0.15) is 234 Å². The summed E-state index contributed by atoms with van der Waals surface area (Å²) in [5.41, 5.74) is 5.49. The Bertz CT molecular complexity index is 1960. The highest BCUT2D eigenvalue weighted by Crippen LogP contribution is 2.43. The molecule has 0 aliphatic carbocycles. The van der Waals surface area contributed by atoms with Gasteiger partial charge in [0, 0.05) is 32.7 Å². The van der Waals surface area contributed by atoms with E-state index in [0.717, 1.165) is 51.9 Å². The van der Waals surface area contributed by atoms with Gasteiger partial charge in [0.25, 0.3) is 0 Å². The van der Waals surface area contributed by atoms with E-state index in [1.54, 1.807) is 0 Å². The number of ether oxygens (including phenoxy) is 4. The zero-order chi connectivity index (χ0) is 63.4. The van der Waals surface area contributed by atoms with Gasteiger partial charge >= 0.3 is 19.8 Å². The van der Waals surface area contributed by atoms with Crippen LogP contribution in [0.25, 0.3) is 0 Å². The summed E-state index contributed by atoms with van der Waals surface area (Å²) in [6, 6.07) is -5.19. The molecule has 494 valence electrons. The van der Waals surface area contributed by atoms with Crippen molar-refractivity contribution in [1.82, 2.24) is 26.6 Å². The van der Waals surface area contributed by atoms with Crippen LogP contribution in [-0.2, 0) is 70.9 Å². The summed E-state index contributed by atoms with van der Waals surface area (Å²) in [5, 5.41) is 42.6. The van der Waals surface area contributed by atoms with Gasteiger partial charge in [-0.15, -0.1) is 0 Å². The predicted molar refractivity (Wildman–Crippen MR) is 318 cm³/mol. The van der Waals surface area contributed by atoms with Crippen LogP contribution in [0.3, 0.4) is 0 Å². The molecule has 85 heavy (non-hydrogen) atoms. The van der Waals surface area contributed by atoms with E-state index in [0.29, 0.717) is 12.8 Å². The maximum Gasteiger partial charge on any atom is 0.472 e. The van der Waals surface area contributed by atoms with Crippen molar-refractivity contribution < 1.29 is 91.1 Å². The van der Waals surface area contributed by atoms with E-state index in [2.05, 4.69) is 40.4 Å². The Morgan fingerprint density at radius 1 is 0.612 bits per heavy atom. The van der Waals surface area contributed by atoms with Crippen molar-refractivity contribution in [2.75, 3.05) is 33.0 Å². The quantitative estimate of drug-likeness (QED) is 0.0196. The number of aliphatic hydroxyl groups excluding tert-OH is 3. The molecule has 1 heterocycles. The highest BCUT2D eigenvalue weighted by atomic mass is 31.2. The van der Waals surface area contributed by atoms with Gasteiger partial charge in [-0.3, -0.25) is 47.4 Å². The van der Waals surface area contributed by atoms with E-state index in [9.17, 15) is 63.1 Å². The molecule has 3 unspecified atom stereocenters. The molecule has 0 bridgehead atoms. The van der Waals surface area contributed by atoms with Crippen molar-refractivity contribution in [3.8, 4) is 0 Å². The highest BCUT2D eigenvalue weighted by molar-refractivity contribution is 7.47. The molecule has 0 spiro atoms. The number of hydrogen-bond acceptors (Lipinski definition) is 18. The second-order valence-corrected chi connectivity index (χ2v) is 23.9. The fraction of sp³-hybridized carbons (Fsp3) is 0.864. The Kier molecular flexibility index (Phi) is 44.2. The number of unbranched alkanes of at least 4 members (excludes halogenated alkanes) is 24. The molecule has 1 saturated heterocycles. The largest absolute Gasteiger partial charge is 0.472 e. The number of rotatable bonds is 52. The van der Waals surface area contributed by atoms with Gasteiger partial charge in [-0.25, -0.2) is 4.57 Å². The lowest BCUT2D eigenvalue weighted by Crippen LogP contribution is -2.65. The van der Waals surface area contributed by atoms with Gasteiger partial charge in [-0.1, -0.05) is 168 Å². The van der Waals surface area contributed by atoms with Crippen molar-refractivity contribution in [2.24, 2.45) is 5.73 Å². The number of esters is 2. The first kappa shape index (κ1) is 78.7. The molecule has 0 aromatic carbocycles. The summed E-state index contributed by atoms with van der Waals surface area (Å²) in [6.45, 7) is 6.89. The predicted octanol–water partition coefficient (Wildman–Crippen LogP) is 5.76. The first-order chi connectivity index (χ1) is 40.5. The minimum atomic E-state index is -4.80. The average molecular weight is 1240 g/mol. The fourth-order valence-electron chi connectivity index (χ4n) is 9.46. The minimum absolute atomic E-state index is 0.110. The number of amides is 6. The molecule has 1 rings (SSSR count). The third-order valence-electron chi connectivity index (χ3n) is 14.6. The van der Waals surface area contributed by atoms with Crippen molar-refractivity contribution in [1.29, 1.82) is 0 Å². The molecule has 26 heteroatoms. The van der Waals surface area contributed by atoms with Crippen LogP contribution < -0.4 is 32.3 Å². The molecule has 0 radical (unpaired) electrons. The topological polar surface area (TPSA) is 376 Å². The lowest BCUT2D eigenvalue weighted by Gasteiger charge is -2.43.